The topological polar surface area (TPSA) is 52.4 Å². The fourth-order valence-corrected chi connectivity index (χ4v) is 3.88. The monoisotopic (exact) mass is 358 g/mol. The number of nitrogens with zero attached hydrogens (tertiary/aromatic N) is 4. The molecule has 1 aliphatic rings. The number of methoxy groups -OCH3 is 1. The minimum Gasteiger partial charge on any atom is -0.490 e. The summed E-state index contributed by atoms with van der Waals surface area (Å²) in [5, 5.41) is 4.72. The standard InChI is InChI=1S/C20H30N4O2/c1-5-19-18(20(6-2)23(3)22-19)13-24-12-17(25-4)10-15(24)14-26-16-8-7-9-21-11-16/h7-9,11,15,17H,5-6,10,12-14H2,1-4H3/t15-,17+/m0/s1. The van der Waals surface area contributed by atoms with E-state index in [1.165, 1.54) is 17.0 Å². The summed E-state index contributed by atoms with van der Waals surface area (Å²) in [4.78, 5) is 6.61. The molecule has 0 amide bonds. The van der Waals surface area contributed by atoms with Crippen LogP contribution in [0.3, 0.4) is 0 Å². The van der Waals surface area contributed by atoms with Crippen LogP contribution in [0.4, 0.5) is 0 Å². The number of ether oxygens (including phenoxy) is 2. The van der Waals surface area contributed by atoms with Gasteiger partial charge in [-0.05, 0) is 31.4 Å². The summed E-state index contributed by atoms with van der Waals surface area (Å²) in [5.41, 5.74) is 3.91. The molecule has 3 heterocycles. The van der Waals surface area contributed by atoms with Crippen molar-refractivity contribution < 1.29 is 9.47 Å². The van der Waals surface area contributed by atoms with Crippen molar-refractivity contribution >= 4 is 0 Å². The van der Waals surface area contributed by atoms with E-state index in [0.717, 1.165) is 38.1 Å². The van der Waals surface area contributed by atoms with Gasteiger partial charge < -0.3 is 9.47 Å². The molecule has 0 N–H and O–H groups in total. The van der Waals surface area contributed by atoms with E-state index in [4.69, 9.17) is 14.6 Å². The van der Waals surface area contributed by atoms with Gasteiger partial charge in [-0.2, -0.15) is 5.10 Å². The van der Waals surface area contributed by atoms with Crippen LogP contribution in [0.25, 0.3) is 0 Å². The van der Waals surface area contributed by atoms with Gasteiger partial charge >= 0.3 is 0 Å². The van der Waals surface area contributed by atoms with Crippen LogP contribution in [0.15, 0.2) is 24.5 Å². The van der Waals surface area contributed by atoms with Crippen molar-refractivity contribution in [2.24, 2.45) is 7.05 Å². The maximum absolute atomic E-state index is 5.99. The van der Waals surface area contributed by atoms with E-state index >= 15 is 0 Å². The molecule has 0 aliphatic carbocycles. The molecule has 0 aromatic carbocycles. The van der Waals surface area contributed by atoms with E-state index in [9.17, 15) is 0 Å². The molecule has 6 heteroatoms. The highest BCUT2D eigenvalue weighted by Gasteiger charge is 2.33. The molecule has 2 atom stereocenters. The van der Waals surface area contributed by atoms with Crippen LogP contribution in [0.2, 0.25) is 0 Å². The molecule has 6 nitrogen and oxygen atoms in total. The van der Waals surface area contributed by atoms with Crippen molar-refractivity contribution in [2.75, 3.05) is 20.3 Å². The van der Waals surface area contributed by atoms with E-state index in [0.29, 0.717) is 12.6 Å². The van der Waals surface area contributed by atoms with Crippen LogP contribution in [-0.4, -0.2) is 52.1 Å². The highest BCUT2D eigenvalue weighted by atomic mass is 16.5. The number of aryl methyl sites for hydroxylation is 2. The average molecular weight is 358 g/mol. The molecule has 1 saturated heterocycles. The van der Waals surface area contributed by atoms with Crippen molar-refractivity contribution in [3.8, 4) is 5.75 Å². The van der Waals surface area contributed by atoms with E-state index in [1.807, 2.05) is 23.9 Å². The zero-order valence-electron chi connectivity index (χ0n) is 16.3. The Morgan fingerprint density at radius 3 is 2.77 bits per heavy atom. The van der Waals surface area contributed by atoms with Crippen molar-refractivity contribution in [3.63, 3.8) is 0 Å². The molecule has 0 unspecified atom stereocenters. The second-order valence-corrected chi connectivity index (χ2v) is 6.88. The van der Waals surface area contributed by atoms with Gasteiger partial charge in [0.05, 0.1) is 18.0 Å². The quantitative estimate of drug-likeness (QED) is 0.726. The Balaban J connectivity index is 1.74. The molecule has 1 fully saturated rings. The number of likely N-dealkylation sites (tertiary alicyclic amines) is 1. The molecular formula is C20H30N4O2. The van der Waals surface area contributed by atoms with E-state index in [1.54, 1.807) is 19.5 Å². The van der Waals surface area contributed by atoms with Crippen molar-refractivity contribution in [3.05, 3.63) is 41.5 Å². The Bertz CT molecular complexity index is 701. The number of hydrogen-bond donors (Lipinski definition) is 0. The lowest BCUT2D eigenvalue weighted by Crippen LogP contribution is -2.34. The molecule has 3 rings (SSSR count). The first kappa shape index (κ1) is 18.9. The third-order valence-electron chi connectivity index (χ3n) is 5.29. The average Bonchev–Trinajstić information content (AvgIpc) is 3.21. The second-order valence-electron chi connectivity index (χ2n) is 6.88. The lowest BCUT2D eigenvalue weighted by Gasteiger charge is -2.24. The Kier molecular flexibility index (Phi) is 6.27. The molecule has 2 aromatic rings. The highest BCUT2D eigenvalue weighted by molar-refractivity contribution is 5.27. The third-order valence-corrected chi connectivity index (χ3v) is 5.29. The first-order chi connectivity index (χ1) is 12.7. The molecule has 142 valence electrons. The lowest BCUT2D eigenvalue weighted by molar-refractivity contribution is 0.107. The molecule has 0 radical (unpaired) electrons. The lowest BCUT2D eigenvalue weighted by atomic mass is 10.1. The van der Waals surface area contributed by atoms with Crippen LogP contribution in [0.5, 0.6) is 5.75 Å². The van der Waals surface area contributed by atoms with Crippen molar-refractivity contribution in [2.45, 2.75) is 51.8 Å². The number of aromatic nitrogens is 3. The SMILES string of the molecule is CCc1nn(C)c(CC)c1CN1C[C@H](OC)C[C@H]1COc1cccnc1. The normalized spacial score (nSPS) is 20.6. The zero-order valence-corrected chi connectivity index (χ0v) is 16.3. The van der Waals surface area contributed by atoms with Crippen molar-refractivity contribution in [1.82, 2.24) is 19.7 Å². The summed E-state index contributed by atoms with van der Waals surface area (Å²) < 4.78 is 13.7. The maximum atomic E-state index is 5.99. The maximum Gasteiger partial charge on any atom is 0.137 e. The smallest absolute Gasteiger partial charge is 0.137 e. The van der Waals surface area contributed by atoms with Crippen LogP contribution in [-0.2, 0) is 31.2 Å². The van der Waals surface area contributed by atoms with E-state index in [2.05, 4.69) is 23.7 Å². The summed E-state index contributed by atoms with van der Waals surface area (Å²) in [6.45, 7) is 6.86. The van der Waals surface area contributed by atoms with Gasteiger partial charge in [0, 0.05) is 50.7 Å². The summed E-state index contributed by atoms with van der Waals surface area (Å²) >= 11 is 0. The summed E-state index contributed by atoms with van der Waals surface area (Å²) in [6, 6.07) is 4.18. The van der Waals surface area contributed by atoms with Gasteiger partial charge in [0.1, 0.15) is 12.4 Å². The summed E-state index contributed by atoms with van der Waals surface area (Å²) in [6.07, 6.45) is 6.72. The second kappa shape index (κ2) is 8.64. The fourth-order valence-electron chi connectivity index (χ4n) is 3.88. The minimum absolute atomic E-state index is 0.254. The van der Waals surface area contributed by atoms with Crippen LogP contribution < -0.4 is 4.74 Å². The fraction of sp³-hybridized carbons (Fsp3) is 0.600. The first-order valence-corrected chi connectivity index (χ1v) is 9.49. The molecule has 0 bridgehead atoms. The van der Waals surface area contributed by atoms with Gasteiger partial charge in [-0.1, -0.05) is 13.8 Å². The van der Waals surface area contributed by atoms with Crippen molar-refractivity contribution in [1.29, 1.82) is 0 Å². The molecule has 0 spiro atoms. The van der Waals surface area contributed by atoms with Gasteiger partial charge in [-0.25, -0.2) is 0 Å². The summed E-state index contributed by atoms with van der Waals surface area (Å²) in [7, 11) is 3.85. The Morgan fingerprint density at radius 1 is 1.27 bits per heavy atom. The number of pyridine rings is 1. The molecule has 26 heavy (non-hydrogen) atoms. The third kappa shape index (κ3) is 4.07. The highest BCUT2D eigenvalue weighted by Crippen LogP contribution is 2.26. The van der Waals surface area contributed by atoms with Gasteiger partial charge in [0.15, 0.2) is 0 Å². The number of rotatable bonds is 8. The Hall–Kier alpha value is -1.92. The van der Waals surface area contributed by atoms with Crippen LogP contribution in [0.1, 0.15) is 37.2 Å². The molecule has 1 aliphatic heterocycles. The molecule has 0 saturated carbocycles. The van der Waals surface area contributed by atoms with E-state index < -0.39 is 0 Å². The Labute approximate surface area is 156 Å². The largest absolute Gasteiger partial charge is 0.490 e. The molecule has 2 aromatic heterocycles. The van der Waals surface area contributed by atoms with Crippen LogP contribution >= 0.6 is 0 Å². The van der Waals surface area contributed by atoms with Gasteiger partial charge in [-0.15, -0.1) is 0 Å². The van der Waals surface area contributed by atoms with E-state index in [-0.39, 0.29) is 6.10 Å². The number of hydrogen-bond acceptors (Lipinski definition) is 5. The van der Waals surface area contributed by atoms with Gasteiger partial charge in [0.2, 0.25) is 0 Å². The predicted octanol–water partition coefficient (Wildman–Crippen LogP) is 2.61. The van der Waals surface area contributed by atoms with Crippen LogP contribution in [0, 0.1) is 0 Å². The summed E-state index contributed by atoms with van der Waals surface area (Å²) in [5.74, 6) is 0.818. The first-order valence-electron chi connectivity index (χ1n) is 9.49. The molecular weight excluding hydrogens is 328 g/mol. The Morgan fingerprint density at radius 2 is 2.12 bits per heavy atom. The predicted molar refractivity (Wildman–Crippen MR) is 101 cm³/mol. The minimum atomic E-state index is 0.254. The zero-order chi connectivity index (χ0) is 18.5. The van der Waals surface area contributed by atoms with Gasteiger partial charge in [0.25, 0.3) is 0 Å². The van der Waals surface area contributed by atoms with Gasteiger partial charge in [-0.3, -0.25) is 14.6 Å².